The second-order valence-corrected chi connectivity index (χ2v) is 3.70. The van der Waals surface area contributed by atoms with E-state index in [2.05, 4.69) is 0 Å². The Kier molecular flexibility index (Phi) is 5.64. The summed E-state index contributed by atoms with van der Waals surface area (Å²) < 4.78 is 35.4. The van der Waals surface area contributed by atoms with E-state index in [1.807, 2.05) is 0 Å². The van der Waals surface area contributed by atoms with Gasteiger partial charge in [-0.05, 0) is 13.3 Å². The number of hydrogen-bond donors (Lipinski definition) is 1. The molecule has 0 bridgehead atoms. The minimum absolute atomic E-state index is 0.0529. The summed E-state index contributed by atoms with van der Waals surface area (Å²) in [6.07, 6.45) is -5.22. The maximum atomic E-state index is 11.8. The van der Waals surface area contributed by atoms with Gasteiger partial charge in [0.2, 0.25) is 5.91 Å². The molecule has 1 atom stereocenters. The molecule has 0 aliphatic heterocycles. The van der Waals surface area contributed by atoms with E-state index in [0.29, 0.717) is 13.0 Å². The molecule has 90 valence electrons. The summed E-state index contributed by atoms with van der Waals surface area (Å²) in [6.45, 7) is 2.18. The first-order valence-electron chi connectivity index (χ1n) is 4.78. The van der Waals surface area contributed by atoms with Crippen molar-refractivity contribution in [2.75, 3.05) is 13.6 Å². The topological polar surface area (TPSA) is 46.3 Å². The summed E-state index contributed by atoms with van der Waals surface area (Å²) in [5.41, 5.74) is 5.47. The molecule has 0 spiro atoms. The van der Waals surface area contributed by atoms with Crippen LogP contribution in [0.3, 0.4) is 0 Å². The third-order valence-corrected chi connectivity index (χ3v) is 1.97. The fourth-order valence-corrected chi connectivity index (χ4v) is 0.962. The molecule has 0 radical (unpaired) electrons. The van der Waals surface area contributed by atoms with Crippen molar-refractivity contribution in [2.24, 2.45) is 5.73 Å². The second kappa shape index (κ2) is 5.95. The van der Waals surface area contributed by atoms with E-state index in [1.165, 1.54) is 11.9 Å². The molecule has 15 heavy (non-hydrogen) atoms. The number of hydrogen-bond acceptors (Lipinski definition) is 2. The van der Waals surface area contributed by atoms with Gasteiger partial charge in [0.05, 0.1) is 6.42 Å². The summed E-state index contributed by atoms with van der Waals surface area (Å²) in [6, 6.07) is -0.0529. The highest BCUT2D eigenvalue weighted by molar-refractivity contribution is 5.75. The predicted octanol–water partition coefficient (Wildman–Crippen LogP) is 1.52. The first-order chi connectivity index (χ1) is 6.72. The van der Waals surface area contributed by atoms with E-state index >= 15 is 0 Å². The normalized spacial score (nSPS) is 13.7. The van der Waals surface area contributed by atoms with Gasteiger partial charge in [-0.3, -0.25) is 4.79 Å². The maximum Gasteiger partial charge on any atom is 0.389 e. The SMILES string of the molecule is CC(N)CCN(C)C(=O)CCC(F)(F)F. The lowest BCUT2D eigenvalue weighted by molar-refractivity contribution is -0.148. The lowest BCUT2D eigenvalue weighted by Gasteiger charge is -2.18. The Bertz CT molecular complexity index is 204. The summed E-state index contributed by atoms with van der Waals surface area (Å²) in [5, 5.41) is 0. The highest BCUT2D eigenvalue weighted by atomic mass is 19.4. The molecule has 0 rings (SSSR count). The highest BCUT2D eigenvalue weighted by Crippen LogP contribution is 2.21. The summed E-state index contributed by atoms with van der Waals surface area (Å²) >= 11 is 0. The third kappa shape index (κ3) is 8.23. The molecule has 3 nitrogen and oxygen atoms in total. The van der Waals surface area contributed by atoms with Crippen molar-refractivity contribution in [3.05, 3.63) is 0 Å². The molecule has 0 fully saturated rings. The van der Waals surface area contributed by atoms with Gasteiger partial charge in [0.15, 0.2) is 0 Å². The molecule has 1 amide bonds. The van der Waals surface area contributed by atoms with Gasteiger partial charge >= 0.3 is 6.18 Å². The zero-order valence-electron chi connectivity index (χ0n) is 8.97. The highest BCUT2D eigenvalue weighted by Gasteiger charge is 2.28. The molecule has 6 heteroatoms. The van der Waals surface area contributed by atoms with Gasteiger partial charge in [-0.15, -0.1) is 0 Å². The van der Waals surface area contributed by atoms with Gasteiger partial charge < -0.3 is 10.6 Å². The molecule has 0 saturated heterocycles. The monoisotopic (exact) mass is 226 g/mol. The molecule has 0 aliphatic carbocycles. The Hall–Kier alpha value is -0.780. The number of amides is 1. The van der Waals surface area contributed by atoms with Crippen LogP contribution in [0.15, 0.2) is 0 Å². The number of nitrogens with zero attached hydrogens (tertiary/aromatic N) is 1. The van der Waals surface area contributed by atoms with E-state index in [4.69, 9.17) is 5.73 Å². The van der Waals surface area contributed by atoms with Gasteiger partial charge in [0.1, 0.15) is 0 Å². The van der Waals surface area contributed by atoms with Gasteiger partial charge in [0.25, 0.3) is 0 Å². The predicted molar refractivity (Wildman–Crippen MR) is 51.2 cm³/mol. The van der Waals surface area contributed by atoms with Gasteiger partial charge in [-0.25, -0.2) is 0 Å². The van der Waals surface area contributed by atoms with Crippen LogP contribution in [0.25, 0.3) is 0 Å². The van der Waals surface area contributed by atoms with E-state index < -0.39 is 24.9 Å². The quantitative estimate of drug-likeness (QED) is 0.772. The largest absolute Gasteiger partial charge is 0.389 e. The van der Waals surface area contributed by atoms with E-state index in [-0.39, 0.29) is 6.04 Å². The minimum atomic E-state index is -4.27. The Balaban J connectivity index is 3.80. The van der Waals surface area contributed by atoms with Crippen molar-refractivity contribution in [1.82, 2.24) is 4.90 Å². The second-order valence-electron chi connectivity index (χ2n) is 3.70. The summed E-state index contributed by atoms with van der Waals surface area (Å²) in [4.78, 5) is 12.5. The fourth-order valence-electron chi connectivity index (χ4n) is 0.962. The Morgan fingerprint density at radius 3 is 2.40 bits per heavy atom. The molecule has 0 aromatic carbocycles. The average molecular weight is 226 g/mol. The van der Waals surface area contributed by atoms with Crippen LogP contribution in [0.2, 0.25) is 0 Å². The summed E-state index contributed by atoms with van der Waals surface area (Å²) in [5.74, 6) is -0.493. The van der Waals surface area contributed by atoms with Crippen LogP contribution in [0.4, 0.5) is 13.2 Å². The van der Waals surface area contributed by atoms with Crippen LogP contribution in [-0.4, -0.2) is 36.6 Å². The maximum absolute atomic E-state index is 11.8. The van der Waals surface area contributed by atoms with E-state index in [1.54, 1.807) is 6.92 Å². The average Bonchev–Trinajstić information content (AvgIpc) is 2.08. The lowest BCUT2D eigenvalue weighted by atomic mass is 10.2. The number of carbonyl (C=O) groups is 1. The number of rotatable bonds is 5. The zero-order valence-corrected chi connectivity index (χ0v) is 8.97. The number of halogens is 3. The van der Waals surface area contributed by atoms with Gasteiger partial charge in [-0.2, -0.15) is 13.2 Å². The Labute approximate surface area is 87.4 Å². The van der Waals surface area contributed by atoms with Crippen molar-refractivity contribution in [2.45, 2.75) is 38.4 Å². The van der Waals surface area contributed by atoms with Crippen molar-refractivity contribution in [3.8, 4) is 0 Å². The van der Waals surface area contributed by atoms with Crippen LogP contribution in [-0.2, 0) is 4.79 Å². The van der Waals surface area contributed by atoms with Crippen LogP contribution < -0.4 is 5.73 Å². The first kappa shape index (κ1) is 14.2. The number of carbonyl (C=O) groups excluding carboxylic acids is 1. The van der Waals surface area contributed by atoms with Crippen molar-refractivity contribution < 1.29 is 18.0 Å². The van der Waals surface area contributed by atoms with Gasteiger partial charge in [0, 0.05) is 26.1 Å². The van der Waals surface area contributed by atoms with E-state index in [0.717, 1.165) is 0 Å². The van der Waals surface area contributed by atoms with Crippen LogP contribution in [0.5, 0.6) is 0 Å². The van der Waals surface area contributed by atoms with Crippen LogP contribution in [0, 0.1) is 0 Å². The van der Waals surface area contributed by atoms with Crippen LogP contribution >= 0.6 is 0 Å². The molecule has 0 aromatic rings. The van der Waals surface area contributed by atoms with Crippen molar-refractivity contribution in [1.29, 1.82) is 0 Å². The number of nitrogens with two attached hydrogens (primary N) is 1. The molecule has 0 saturated carbocycles. The summed E-state index contributed by atoms with van der Waals surface area (Å²) in [7, 11) is 1.49. The smallest absolute Gasteiger partial charge is 0.346 e. The molecule has 2 N–H and O–H groups in total. The molecular weight excluding hydrogens is 209 g/mol. The fraction of sp³-hybridized carbons (Fsp3) is 0.889. The van der Waals surface area contributed by atoms with Crippen molar-refractivity contribution in [3.63, 3.8) is 0 Å². The van der Waals surface area contributed by atoms with Crippen molar-refractivity contribution >= 4 is 5.91 Å². The standard InChI is InChI=1S/C9H17F3N2O/c1-7(13)4-6-14(2)8(15)3-5-9(10,11)12/h7H,3-6,13H2,1-2H3. The van der Waals surface area contributed by atoms with E-state index in [9.17, 15) is 18.0 Å². The Morgan fingerprint density at radius 2 is 2.00 bits per heavy atom. The van der Waals surface area contributed by atoms with Crippen LogP contribution in [0.1, 0.15) is 26.2 Å². The lowest BCUT2D eigenvalue weighted by Crippen LogP contribution is -2.31. The third-order valence-electron chi connectivity index (χ3n) is 1.97. The minimum Gasteiger partial charge on any atom is -0.346 e. The van der Waals surface area contributed by atoms with Gasteiger partial charge in [-0.1, -0.05) is 0 Å². The zero-order chi connectivity index (χ0) is 12.1. The molecule has 0 heterocycles. The molecule has 1 unspecified atom stereocenters. The first-order valence-corrected chi connectivity index (χ1v) is 4.78. The Morgan fingerprint density at radius 1 is 1.47 bits per heavy atom. The molecule has 0 aliphatic rings. The number of alkyl halides is 3. The molecule has 0 aromatic heterocycles. The molecular formula is C9H17F3N2O.